The molecule has 33 heavy (non-hydrogen) atoms. The molecule has 10 heteroatoms. The number of ether oxygens (including phenoxy) is 2. The minimum absolute atomic E-state index is 0.0572. The molecule has 2 amide bonds. The maximum absolute atomic E-state index is 13.0. The molecular weight excluding hydrogens is 434 g/mol. The van der Waals surface area contributed by atoms with Crippen LogP contribution in [0.5, 0.6) is 5.75 Å². The van der Waals surface area contributed by atoms with E-state index in [1.807, 2.05) is 6.07 Å². The van der Waals surface area contributed by atoms with Crippen molar-refractivity contribution in [1.82, 2.24) is 9.88 Å². The van der Waals surface area contributed by atoms with E-state index < -0.39 is 18.4 Å². The van der Waals surface area contributed by atoms with Crippen LogP contribution in [0.3, 0.4) is 0 Å². The van der Waals surface area contributed by atoms with Crippen LogP contribution in [-0.4, -0.2) is 67.7 Å². The molecule has 4 rings (SSSR count). The van der Waals surface area contributed by atoms with Crippen molar-refractivity contribution in [3.63, 3.8) is 0 Å². The summed E-state index contributed by atoms with van der Waals surface area (Å²) in [5.74, 6) is -0.387. The van der Waals surface area contributed by atoms with Gasteiger partial charge >= 0.3 is 6.61 Å². The van der Waals surface area contributed by atoms with Gasteiger partial charge in [0.15, 0.2) is 0 Å². The molecule has 2 fully saturated rings. The van der Waals surface area contributed by atoms with Crippen LogP contribution in [0.25, 0.3) is 0 Å². The molecule has 1 aromatic carbocycles. The van der Waals surface area contributed by atoms with Crippen LogP contribution >= 0.6 is 0 Å². The zero-order valence-corrected chi connectivity index (χ0v) is 18.1. The Hall–Kier alpha value is -3.27. The highest BCUT2D eigenvalue weighted by atomic mass is 19.3. The van der Waals surface area contributed by atoms with Gasteiger partial charge in [-0.25, -0.2) is 4.98 Å². The Morgan fingerprint density at radius 3 is 2.64 bits per heavy atom. The summed E-state index contributed by atoms with van der Waals surface area (Å²) in [5, 5.41) is 2.87. The Balaban J connectivity index is 1.37. The fourth-order valence-corrected chi connectivity index (χ4v) is 4.07. The zero-order valence-electron chi connectivity index (χ0n) is 18.1. The molecule has 1 atom stereocenters. The van der Waals surface area contributed by atoms with Crippen molar-refractivity contribution in [3.8, 4) is 5.75 Å². The van der Waals surface area contributed by atoms with Crippen molar-refractivity contribution in [2.75, 3.05) is 49.6 Å². The smallest absolute Gasteiger partial charge is 0.387 e. The molecule has 1 aromatic heterocycles. The maximum Gasteiger partial charge on any atom is 0.387 e. The van der Waals surface area contributed by atoms with Crippen LogP contribution in [0.2, 0.25) is 0 Å². The first-order valence-electron chi connectivity index (χ1n) is 10.9. The number of hydrogen-bond donors (Lipinski definition) is 1. The number of para-hydroxylation sites is 1. The highest BCUT2D eigenvalue weighted by Gasteiger charge is 2.30. The normalized spacial score (nSPS) is 18.8. The van der Waals surface area contributed by atoms with Gasteiger partial charge in [-0.15, -0.1) is 0 Å². The number of anilines is 2. The standard InChI is InChI=1S/C23H26F2N4O4/c24-23(25)33-19-6-2-1-5-18(19)22(31)29-9-3-4-16(15-29)21(30)27-17-7-8-20(26-14-17)28-10-12-32-13-11-28/h1-2,5-8,14,16,23H,3-4,9-13,15H2,(H,27,30). The van der Waals surface area contributed by atoms with E-state index in [2.05, 4.69) is 19.9 Å². The molecule has 0 bridgehead atoms. The Labute approximate surface area is 190 Å². The van der Waals surface area contributed by atoms with Gasteiger partial charge in [0.1, 0.15) is 11.6 Å². The van der Waals surface area contributed by atoms with Crippen molar-refractivity contribution in [1.29, 1.82) is 0 Å². The number of nitrogens with one attached hydrogen (secondary N) is 1. The first-order valence-corrected chi connectivity index (χ1v) is 10.9. The van der Waals surface area contributed by atoms with Crippen LogP contribution in [0.4, 0.5) is 20.3 Å². The Morgan fingerprint density at radius 1 is 1.12 bits per heavy atom. The molecule has 0 spiro atoms. The number of likely N-dealkylation sites (tertiary alicyclic amines) is 1. The van der Waals surface area contributed by atoms with Gasteiger partial charge in [0.05, 0.1) is 36.6 Å². The van der Waals surface area contributed by atoms with Gasteiger partial charge in [-0.1, -0.05) is 12.1 Å². The van der Waals surface area contributed by atoms with Gasteiger partial charge in [-0.3, -0.25) is 9.59 Å². The molecule has 2 aromatic rings. The molecule has 2 aliphatic heterocycles. The van der Waals surface area contributed by atoms with Crippen LogP contribution in [0.1, 0.15) is 23.2 Å². The summed E-state index contributed by atoms with van der Waals surface area (Å²) >= 11 is 0. The number of carbonyl (C=O) groups excluding carboxylic acids is 2. The number of alkyl halides is 2. The summed E-state index contributed by atoms with van der Waals surface area (Å²) in [7, 11) is 0. The third-order valence-electron chi connectivity index (χ3n) is 5.76. The van der Waals surface area contributed by atoms with Gasteiger partial charge in [-0.2, -0.15) is 8.78 Å². The lowest BCUT2D eigenvalue weighted by molar-refractivity contribution is -0.121. The number of morpholine rings is 1. The third kappa shape index (κ3) is 5.75. The number of benzene rings is 1. The molecule has 1 N–H and O–H groups in total. The molecule has 2 aliphatic rings. The van der Waals surface area contributed by atoms with Gasteiger partial charge < -0.3 is 24.6 Å². The largest absolute Gasteiger partial charge is 0.434 e. The quantitative estimate of drug-likeness (QED) is 0.714. The zero-order chi connectivity index (χ0) is 23.2. The molecule has 2 saturated heterocycles. The number of pyridine rings is 1. The van der Waals surface area contributed by atoms with Crippen molar-refractivity contribution in [2.45, 2.75) is 19.5 Å². The predicted octanol–water partition coefficient (Wildman–Crippen LogP) is 3.01. The van der Waals surface area contributed by atoms with Crippen molar-refractivity contribution < 1.29 is 27.8 Å². The van der Waals surface area contributed by atoms with E-state index in [1.165, 1.54) is 23.1 Å². The number of hydrogen-bond acceptors (Lipinski definition) is 6. The van der Waals surface area contributed by atoms with E-state index in [0.29, 0.717) is 38.3 Å². The average molecular weight is 460 g/mol. The average Bonchev–Trinajstić information content (AvgIpc) is 2.85. The molecule has 8 nitrogen and oxygen atoms in total. The van der Waals surface area contributed by atoms with E-state index in [4.69, 9.17) is 4.74 Å². The Bertz CT molecular complexity index is 967. The number of carbonyl (C=O) groups is 2. The summed E-state index contributed by atoms with van der Waals surface area (Å²) in [6.45, 7) is 0.494. The van der Waals surface area contributed by atoms with Gasteiger partial charge in [0.2, 0.25) is 5.91 Å². The van der Waals surface area contributed by atoms with Crippen LogP contribution in [-0.2, 0) is 9.53 Å². The lowest BCUT2D eigenvalue weighted by Gasteiger charge is -2.32. The topological polar surface area (TPSA) is 84.0 Å². The minimum Gasteiger partial charge on any atom is -0.434 e. The van der Waals surface area contributed by atoms with E-state index in [-0.39, 0.29) is 23.8 Å². The van der Waals surface area contributed by atoms with Gasteiger partial charge in [0, 0.05) is 26.2 Å². The summed E-state index contributed by atoms with van der Waals surface area (Å²) in [5.41, 5.74) is 0.637. The minimum atomic E-state index is -3.03. The van der Waals surface area contributed by atoms with Crippen LogP contribution in [0.15, 0.2) is 42.6 Å². The fourth-order valence-electron chi connectivity index (χ4n) is 4.07. The predicted molar refractivity (Wildman–Crippen MR) is 118 cm³/mol. The first kappa shape index (κ1) is 22.9. The second kappa shape index (κ2) is 10.6. The Morgan fingerprint density at radius 2 is 1.91 bits per heavy atom. The molecular formula is C23H26F2N4O4. The molecule has 0 aliphatic carbocycles. The van der Waals surface area contributed by atoms with Crippen LogP contribution < -0.4 is 15.0 Å². The van der Waals surface area contributed by atoms with Crippen molar-refractivity contribution in [2.24, 2.45) is 5.92 Å². The van der Waals surface area contributed by atoms with E-state index in [0.717, 1.165) is 18.9 Å². The molecule has 176 valence electrons. The van der Waals surface area contributed by atoms with Gasteiger partial charge in [-0.05, 0) is 37.1 Å². The summed E-state index contributed by atoms with van der Waals surface area (Å²) in [6, 6.07) is 9.57. The number of amides is 2. The van der Waals surface area contributed by atoms with Crippen LogP contribution in [0, 0.1) is 5.92 Å². The lowest BCUT2D eigenvalue weighted by Crippen LogP contribution is -2.44. The van der Waals surface area contributed by atoms with E-state index in [9.17, 15) is 18.4 Å². The lowest BCUT2D eigenvalue weighted by atomic mass is 9.96. The highest BCUT2D eigenvalue weighted by Crippen LogP contribution is 2.26. The highest BCUT2D eigenvalue weighted by molar-refractivity contribution is 5.98. The Kier molecular flexibility index (Phi) is 7.33. The van der Waals surface area contributed by atoms with Crippen molar-refractivity contribution >= 4 is 23.3 Å². The summed E-state index contributed by atoms with van der Waals surface area (Å²) in [6.07, 6.45) is 2.88. The van der Waals surface area contributed by atoms with Gasteiger partial charge in [0.25, 0.3) is 5.91 Å². The number of aromatic nitrogens is 1. The molecule has 0 saturated carbocycles. The van der Waals surface area contributed by atoms with E-state index >= 15 is 0 Å². The monoisotopic (exact) mass is 460 g/mol. The molecule has 3 heterocycles. The number of halogens is 2. The molecule has 0 radical (unpaired) electrons. The third-order valence-corrected chi connectivity index (χ3v) is 5.76. The summed E-state index contributed by atoms with van der Waals surface area (Å²) < 4.78 is 35.2. The second-order valence-corrected chi connectivity index (χ2v) is 7.96. The SMILES string of the molecule is O=C(Nc1ccc(N2CCOCC2)nc1)C1CCCN(C(=O)c2ccccc2OC(F)F)C1. The number of piperidine rings is 1. The molecule has 1 unspecified atom stereocenters. The maximum atomic E-state index is 13.0. The first-order chi connectivity index (χ1) is 16.0. The fraction of sp³-hybridized carbons (Fsp3) is 0.435. The number of rotatable bonds is 6. The number of nitrogens with zero attached hydrogens (tertiary/aromatic N) is 3. The van der Waals surface area contributed by atoms with Crippen molar-refractivity contribution in [3.05, 3.63) is 48.2 Å². The summed E-state index contributed by atoms with van der Waals surface area (Å²) in [4.78, 5) is 33.9. The van der Waals surface area contributed by atoms with E-state index in [1.54, 1.807) is 18.3 Å². The second-order valence-electron chi connectivity index (χ2n) is 7.96.